The third-order valence-corrected chi connectivity index (χ3v) is 5.87. The third-order valence-electron chi connectivity index (χ3n) is 5.87. The predicted molar refractivity (Wildman–Crippen MR) is 116 cm³/mol. The average Bonchev–Trinajstić information content (AvgIpc) is 3.29. The molecule has 7 heteroatoms. The molecule has 1 aliphatic rings. The Morgan fingerprint density at radius 2 is 1.58 bits per heavy atom. The molecule has 1 unspecified atom stereocenters. The van der Waals surface area contributed by atoms with Crippen LogP contribution in [0.4, 0.5) is 0 Å². The Labute approximate surface area is 184 Å². The van der Waals surface area contributed by atoms with Gasteiger partial charge >= 0.3 is 0 Å². The highest BCUT2D eigenvalue weighted by Crippen LogP contribution is 2.46. The second-order valence-electron chi connectivity index (χ2n) is 7.60. The van der Waals surface area contributed by atoms with Crippen LogP contribution in [0.2, 0.25) is 0 Å². The highest BCUT2D eigenvalue weighted by atomic mass is 16.7. The lowest BCUT2D eigenvalue weighted by molar-refractivity contribution is -0.175. The van der Waals surface area contributed by atoms with Crippen LogP contribution in [0.25, 0.3) is 0 Å². The minimum Gasteiger partial charge on any atom is -0.493 e. The summed E-state index contributed by atoms with van der Waals surface area (Å²) >= 11 is 0. The summed E-state index contributed by atoms with van der Waals surface area (Å²) in [4.78, 5) is 1.94. The van der Waals surface area contributed by atoms with Gasteiger partial charge in [0.15, 0.2) is 17.3 Å². The smallest absolute Gasteiger partial charge is 0.203 e. The first-order chi connectivity index (χ1) is 15.0. The molecular formula is C24H30N2O5. The summed E-state index contributed by atoms with van der Waals surface area (Å²) < 4.78 is 28.8. The fourth-order valence-electron chi connectivity index (χ4n) is 4.12. The van der Waals surface area contributed by atoms with Crippen molar-refractivity contribution in [3.8, 4) is 23.3 Å². The lowest BCUT2D eigenvalue weighted by atomic mass is 9.83. The van der Waals surface area contributed by atoms with Crippen LogP contribution in [-0.2, 0) is 20.8 Å². The van der Waals surface area contributed by atoms with E-state index < -0.39 is 11.3 Å². The largest absolute Gasteiger partial charge is 0.493 e. The van der Waals surface area contributed by atoms with Gasteiger partial charge in [0.05, 0.1) is 40.6 Å². The molecule has 1 saturated heterocycles. The number of rotatable bonds is 9. The van der Waals surface area contributed by atoms with Gasteiger partial charge in [0.1, 0.15) is 5.54 Å². The van der Waals surface area contributed by atoms with E-state index in [1.807, 2.05) is 61.5 Å². The second-order valence-corrected chi connectivity index (χ2v) is 7.60. The highest BCUT2D eigenvalue weighted by Gasteiger charge is 2.44. The third kappa shape index (κ3) is 4.19. The minimum atomic E-state index is -1.01. The van der Waals surface area contributed by atoms with Crippen molar-refractivity contribution in [2.45, 2.75) is 24.2 Å². The van der Waals surface area contributed by atoms with Crippen LogP contribution in [-0.4, -0.2) is 53.5 Å². The van der Waals surface area contributed by atoms with Gasteiger partial charge in [-0.25, -0.2) is 0 Å². The fourth-order valence-corrected chi connectivity index (χ4v) is 4.12. The Bertz CT molecular complexity index is 894. The van der Waals surface area contributed by atoms with Crippen molar-refractivity contribution in [2.75, 3.05) is 48.6 Å². The molecule has 1 atom stereocenters. The summed E-state index contributed by atoms with van der Waals surface area (Å²) in [7, 11) is 8.55. The molecule has 1 fully saturated rings. The standard InChI is InChI=1S/C24H30N2O5/c1-26(2)23(17-25,18-9-7-6-8-10-18)11-12-24(30-13-14-31-24)19-15-20(27-3)22(29-5)21(16-19)28-4/h6-10,15-16H,11-14H2,1-5H3. The summed E-state index contributed by atoms with van der Waals surface area (Å²) in [6, 6.07) is 16.0. The molecule has 0 bridgehead atoms. The summed E-state index contributed by atoms with van der Waals surface area (Å²) in [5.41, 5.74) is 0.864. The lowest BCUT2D eigenvalue weighted by Gasteiger charge is -2.37. The number of hydrogen-bond acceptors (Lipinski definition) is 7. The Kier molecular flexibility index (Phi) is 7.06. The molecule has 0 spiro atoms. The molecule has 2 aromatic carbocycles. The zero-order valence-corrected chi connectivity index (χ0v) is 18.8. The fraction of sp³-hybridized carbons (Fsp3) is 0.458. The van der Waals surface area contributed by atoms with Crippen molar-refractivity contribution >= 4 is 0 Å². The summed E-state index contributed by atoms with van der Waals surface area (Å²) in [5, 5.41) is 10.2. The topological polar surface area (TPSA) is 73.2 Å². The Morgan fingerprint density at radius 3 is 2.03 bits per heavy atom. The van der Waals surface area contributed by atoms with Gasteiger partial charge in [-0.15, -0.1) is 0 Å². The monoisotopic (exact) mass is 426 g/mol. The predicted octanol–water partition coefficient (Wildman–Crippen LogP) is 3.67. The summed E-state index contributed by atoms with van der Waals surface area (Å²) in [6.45, 7) is 0.924. The zero-order chi connectivity index (χ0) is 22.5. The number of methoxy groups -OCH3 is 3. The van der Waals surface area contributed by atoms with E-state index in [9.17, 15) is 5.26 Å². The Hall–Kier alpha value is -2.79. The maximum Gasteiger partial charge on any atom is 0.203 e. The van der Waals surface area contributed by atoms with Gasteiger partial charge in [0, 0.05) is 12.0 Å². The molecule has 3 rings (SSSR count). The molecule has 0 N–H and O–H groups in total. The van der Waals surface area contributed by atoms with Crippen LogP contribution in [0.5, 0.6) is 17.2 Å². The normalized spacial score (nSPS) is 17.1. The van der Waals surface area contributed by atoms with Gasteiger partial charge in [-0.2, -0.15) is 5.26 Å². The van der Waals surface area contributed by atoms with E-state index in [1.54, 1.807) is 21.3 Å². The number of hydrogen-bond donors (Lipinski definition) is 0. The summed E-state index contributed by atoms with van der Waals surface area (Å²) in [5.74, 6) is 0.542. The lowest BCUT2D eigenvalue weighted by Crippen LogP contribution is -2.42. The van der Waals surface area contributed by atoms with Crippen LogP contribution in [0.3, 0.4) is 0 Å². The van der Waals surface area contributed by atoms with Gasteiger partial charge in [-0.1, -0.05) is 30.3 Å². The van der Waals surface area contributed by atoms with Crippen LogP contribution in [0, 0.1) is 11.3 Å². The van der Waals surface area contributed by atoms with E-state index in [4.69, 9.17) is 23.7 Å². The van der Waals surface area contributed by atoms with Gasteiger partial charge in [0.25, 0.3) is 0 Å². The van der Waals surface area contributed by atoms with Gasteiger partial charge in [0.2, 0.25) is 5.75 Å². The van der Waals surface area contributed by atoms with Crippen molar-refractivity contribution in [2.24, 2.45) is 0 Å². The SMILES string of the molecule is COc1cc(C2(CCC(C#N)(c3ccccc3)N(C)C)OCCO2)cc(OC)c1OC. The number of nitrogens with zero attached hydrogens (tertiary/aromatic N) is 2. The molecule has 0 aliphatic carbocycles. The maximum atomic E-state index is 10.2. The van der Waals surface area contributed by atoms with Crippen LogP contribution in [0.15, 0.2) is 42.5 Å². The molecule has 166 valence electrons. The van der Waals surface area contributed by atoms with Crippen LogP contribution in [0.1, 0.15) is 24.0 Å². The minimum absolute atomic E-state index is 0.462. The zero-order valence-electron chi connectivity index (χ0n) is 18.8. The van der Waals surface area contributed by atoms with Crippen molar-refractivity contribution in [3.63, 3.8) is 0 Å². The van der Waals surface area contributed by atoms with E-state index >= 15 is 0 Å². The number of ether oxygens (including phenoxy) is 5. The number of benzene rings is 2. The van der Waals surface area contributed by atoms with E-state index in [0.29, 0.717) is 43.3 Å². The molecule has 0 aromatic heterocycles. The van der Waals surface area contributed by atoms with E-state index in [0.717, 1.165) is 11.1 Å². The molecular weight excluding hydrogens is 396 g/mol. The first kappa shape index (κ1) is 22.9. The van der Waals surface area contributed by atoms with Crippen LogP contribution >= 0.6 is 0 Å². The van der Waals surface area contributed by atoms with Crippen molar-refractivity contribution < 1.29 is 23.7 Å². The van der Waals surface area contributed by atoms with Gasteiger partial charge in [-0.05, 0) is 38.2 Å². The molecule has 2 aromatic rings. The molecule has 1 aliphatic heterocycles. The van der Waals surface area contributed by atoms with E-state index in [1.165, 1.54) is 0 Å². The van der Waals surface area contributed by atoms with Gasteiger partial charge in [-0.3, -0.25) is 4.90 Å². The molecule has 0 saturated carbocycles. The first-order valence-corrected chi connectivity index (χ1v) is 10.2. The molecule has 7 nitrogen and oxygen atoms in total. The average molecular weight is 427 g/mol. The van der Waals surface area contributed by atoms with Gasteiger partial charge < -0.3 is 23.7 Å². The van der Waals surface area contributed by atoms with Crippen molar-refractivity contribution in [1.82, 2.24) is 4.90 Å². The molecule has 0 radical (unpaired) electrons. The molecule has 1 heterocycles. The van der Waals surface area contributed by atoms with Crippen molar-refractivity contribution in [1.29, 1.82) is 5.26 Å². The quantitative estimate of drug-likeness (QED) is 0.606. The maximum absolute atomic E-state index is 10.2. The first-order valence-electron chi connectivity index (χ1n) is 10.2. The highest BCUT2D eigenvalue weighted by molar-refractivity contribution is 5.54. The number of nitriles is 1. The molecule has 31 heavy (non-hydrogen) atoms. The Morgan fingerprint density at radius 1 is 1.00 bits per heavy atom. The molecule has 0 amide bonds. The van der Waals surface area contributed by atoms with E-state index in [-0.39, 0.29) is 0 Å². The van der Waals surface area contributed by atoms with Crippen molar-refractivity contribution in [3.05, 3.63) is 53.6 Å². The second kappa shape index (κ2) is 9.56. The summed E-state index contributed by atoms with van der Waals surface area (Å²) in [6.07, 6.45) is 0.962. The van der Waals surface area contributed by atoms with Crippen LogP contribution < -0.4 is 14.2 Å². The van der Waals surface area contributed by atoms with E-state index in [2.05, 4.69) is 6.07 Å². The Balaban J connectivity index is 2.02.